The fourth-order valence-electron chi connectivity index (χ4n) is 7.75. The fourth-order valence-corrected chi connectivity index (χ4v) is 7.75. The molecular weight excluding hydrogens is 335 g/mol. The number of hydrogen-bond donors (Lipinski definition) is 0. The van der Waals surface area contributed by atoms with E-state index in [1.165, 1.54) is 83.5 Å². The van der Waals surface area contributed by atoms with Crippen molar-refractivity contribution in [2.45, 2.75) is 143 Å². The van der Waals surface area contributed by atoms with Crippen molar-refractivity contribution in [3.63, 3.8) is 0 Å². The molecule has 2 atom stereocenters. The van der Waals surface area contributed by atoms with Crippen LogP contribution in [0.2, 0.25) is 5.31 Å². The predicted molar refractivity (Wildman–Crippen MR) is 128 cm³/mol. The van der Waals surface area contributed by atoms with Gasteiger partial charge in [0.15, 0.2) is 0 Å². The van der Waals surface area contributed by atoms with Crippen molar-refractivity contribution in [3.05, 3.63) is 0 Å². The molecular formula is C27H51B. The highest BCUT2D eigenvalue weighted by Gasteiger charge is 2.55. The standard InChI is InChI=1S/C27H51B/c1-22(2)27(28)17-11-7-13-23(14-8-12-18-27)25-15-9-6-10-16-26(21-25,20-19-25)24(3,4)5/h22-23H,6-21,28H2,1-5H3. The van der Waals surface area contributed by atoms with E-state index < -0.39 is 0 Å². The van der Waals surface area contributed by atoms with Crippen LogP contribution in [0.3, 0.4) is 0 Å². The largest absolute Gasteiger partial charge is 0.109 e. The van der Waals surface area contributed by atoms with Crippen LogP contribution < -0.4 is 0 Å². The van der Waals surface area contributed by atoms with Crippen molar-refractivity contribution >= 4 is 7.85 Å². The smallest absolute Gasteiger partial charge is 0.0629 e. The summed E-state index contributed by atoms with van der Waals surface area (Å²) in [6, 6.07) is 0. The monoisotopic (exact) mass is 386 g/mol. The van der Waals surface area contributed by atoms with Crippen LogP contribution in [-0.4, -0.2) is 7.85 Å². The third-order valence-corrected chi connectivity index (χ3v) is 10.6. The quantitative estimate of drug-likeness (QED) is 0.418. The molecule has 0 aliphatic heterocycles. The molecule has 2 bridgehead atoms. The highest BCUT2D eigenvalue weighted by Crippen LogP contribution is 2.66. The summed E-state index contributed by atoms with van der Waals surface area (Å²) < 4.78 is 0. The van der Waals surface area contributed by atoms with Gasteiger partial charge in [0, 0.05) is 0 Å². The van der Waals surface area contributed by atoms with Crippen LogP contribution in [0.15, 0.2) is 0 Å². The van der Waals surface area contributed by atoms with E-state index in [1.807, 2.05) is 0 Å². The molecule has 0 aromatic carbocycles. The molecule has 162 valence electrons. The Bertz CT molecular complexity index is 489. The first-order valence-corrected chi connectivity index (χ1v) is 13.1. The second kappa shape index (κ2) is 8.67. The lowest BCUT2D eigenvalue weighted by Gasteiger charge is -2.48. The molecule has 0 aromatic rings. The van der Waals surface area contributed by atoms with Crippen molar-refractivity contribution in [2.24, 2.45) is 28.1 Å². The Morgan fingerprint density at radius 2 is 1.29 bits per heavy atom. The third-order valence-electron chi connectivity index (χ3n) is 10.6. The van der Waals surface area contributed by atoms with Gasteiger partial charge < -0.3 is 0 Å². The molecule has 0 spiro atoms. The van der Waals surface area contributed by atoms with Gasteiger partial charge in [0.05, 0.1) is 0 Å². The Morgan fingerprint density at radius 3 is 1.86 bits per heavy atom. The van der Waals surface area contributed by atoms with Gasteiger partial charge in [-0.15, -0.1) is 0 Å². The zero-order valence-electron chi connectivity index (χ0n) is 20.5. The zero-order valence-corrected chi connectivity index (χ0v) is 20.5. The van der Waals surface area contributed by atoms with E-state index in [0.717, 1.165) is 11.8 Å². The normalized spacial score (nSPS) is 41.4. The van der Waals surface area contributed by atoms with Gasteiger partial charge in [-0.3, -0.25) is 0 Å². The summed E-state index contributed by atoms with van der Waals surface area (Å²) in [6.07, 6.45) is 24.2. The summed E-state index contributed by atoms with van der Waals surface area (Å²) >= 11 is 0. The van der Waals surface area contributed by atoms with E-state index in [-0.39, 0.29) is 0 Å². The average Bonchev–Trinajstić information content (AvgIpc) is 3.02. The van der Waals surface area contributed by atoms with Crippen LogP contribution in [0, 0.1) is 28.1 Å². The Kier molecular flexibility index (Phi) is 7.04. The minimum atomic E-state index is 0.487. The Balaban J connectivity index is 1.74. The lowest BCUT2D eigenvalue weighted by Crippen LogP contribution is -2.38. The molecule has 0 heterocycles. The third kappa shape index (κ3) is 4.54. The van der Waals surface area contributed by atoms with E-state index >= 15 is 0 Å². The van der Waals surface area contributed by atoms with Crippen molar-refractivity contribution in [1.82, 2.24) is 0 Å². The molecule has 1 heteroatoms. The molecule has 3 aliphatic rings. The molecule has 0 N–H and O–H groups in total. The van der Waals surface area contributed by atoms with Gasteiger partial charge in [0.25, 0.3) is 0 Å². The summed E-state index contributed by atoms with van der Waals surface area (Å²) in [6.45, 7) is 12.6. The van der Waals surface area contributed by atoms with Gasteiger partial charge in [0.1, 0.15) is 7.85 Å². The van der Waals surface area contributed by atoms with Crippen LogP contribution in [-0.2, 0) is 0 Å². The fraction of sp³-hybridized carbons (Fsp3) is 1.00. The summed E-state index contributed by atoms with van der Waals surface area (Å²) in [5.74, 6) is 1.87. The lowest BCUT2D eigenvalue weighted by molar-refractivity contribution is 0.0250. The van der Waals surface area contributed by atoms with Crippen LogP contribution >= 0.6 is 0 Å². The first-order valence-electron chi connectivity index (χ1n) is 13.1. The van der Waals surface area contributed by atoms with E-state index in [2.05, 4.69) is 42.5 Å². The van der Waals surface area contributed by atoms with Crippen molar-refractivity contribution in [1.29, 1.82) is 0 Å². The molecule has 3 rings (SSSR count). The molecule has 3 saturated carbocycles. The lowest BCUT2D eigenvalue weighted by atomic mass is 9.55. The SMILES string of the molecule is BC1(C(C)C)CCCCC(C23CCCCCC(C(C)(C)C)(CC2)C3)CCCC1. The molecule has 2 unspecified atom stereocenters. The summed E-state index contributed by atoms with van der Waals surface area (Å²) in [4.78, 5) is 0. The molecule has 3 aliphatic carbocycles. The molecule has 28 heavy (non-hydrogen) atoms. The van der Waals surface area contributed by atoms with Gasteiger partial charge in [0.2, 0.25) is 0 Å². The molecule has 3 fully saturated rings. The number of rotatable bonds is 2. The Labute approximate surface area is 178 Å². The van der Waals surface area contributed by atoms with Crippen LogP contribution in [0.5, 0.6) is 0 Å². The second-order valence-electron chi connectivity index (χ2n) is 13.1. The second-order valence-corrected chi connectivity index (χ2v) is 13.1. The maximum Gasteiger partial charge on any atom is 0.109 e. The topological polar surface area (TPSA) is 0 Å². The van der Waals surface area contributed by atoms with Gasteiger partial charge in [-0.25, -0.2) is 0 Å². The molecule has 0 aromatic heterocycles. The summed E-state index contributed by atoms with van der Waals surface area (Å²) in [5, 5.41) is 0.597. The summed E-state index contributed by atoms with van der Waals surface area (Å²) in [7, 11) is 2.58. The predicted octanol–water partition coefficient (Wildman–Crippen LogP) is 8.35. The van der Waals surface area contributed by atoms with Gasteiger partial charge in [-0.2, -0.15) is 0 Å². The average molecular weight is 387 g/mol. The minimum absolute atomic E-state index is 0.487. The molecule has 0 nitrogen and oxygen atoms in total. The zero-order chi connectivity index (χ0) is 20.5. The van der Waals surface area contributed by atoms with Gasteiger partial charge in [-0.1, -0.05) is 97.7 Å². The maximum atomic E-state index is 2.58. The van der Waals surface area contributed by atoms with E-state index in [0.29, 0.717) is 21.6 Å². The van der Waals surface area contributed by atoms with Crippen LogP contribution in [0.4, 0.5) is 0 Å². The van der Waals surface area contributed by atoms with Crippen molar-refractivity contribution in [3.8, 4) is 0 Å². The van der Waals surface area contributed by atoms with Crippen LogP contribution in [0.25, 0.3) is 0 Å². The minimum Gasteiger partial charge on any atom is -0.0629 e. The summed E-state index contributed by atoms with van der Waals surface area (Å²) in [5.41, 5.74) is 1.83. The van der Waals surface area contributed by atoms with Gasteiger partial charge >= 0.3 is 0 Å². The highest BCUT2D eigenvalue weighted by atomic mass is 14.6. The Hall–Kier alpha value is 0.0649. The number of hydrogen-bond acceptors (Lipinski definition) is 0. The highest BCUT2D eigenvalue weighted by molar-refractivity contribution is 6.15. The first-order chi connectivity index (χ1) is 13.1. The maximum absolute atomic E-state index is 2.58. The van der Waals surface area contributed by atoms with Crippen LogP contribution in [0.1, 0.15) is 137 Å². The molecule has 0 saturated heterocycles. The molecule has 0 amide bonds. The van der Waals surface area contributed by atoms with Gasteiger partial charge in [-0.05, 0) is 73.0 Å². The van der Waals surface area contributed by atoms with Crippen molar-refractivity contribution < 1.29 is 0 Å². The van der Waals surface area contributed by atoms with Crippen molar-refractivity contribution in [2.75, 3.05) is 0 Å². The first kappa shape index (κ1) is 22.7. The Morgan fingerprint density at radius 1 is 0.714 bits per heavy atom. The molecule has 0 radical (unpaired) electrons. The number of fused-ring (bicyclic) bond motifs is 2. The van der Waals surface area contributed by atoms with E-state index in [1.54, 1.807) is 19.3 Å². The van der Waals surface area contributed by atoms with E-state index in [4.69, 9.17) is 0 Å². The van der Waals surface area contributed by atoms with E-state index in [9.17, 15) is 0 Å².